The summed E-state index contributed by atoms with van der Waals surface area (Å²) in [7, 11) is 0. The van der Waals surface area contributed by atoms with Gasteiger partial charge in [-0.1, -0.05) is 19.1 Å². The topological polar surface area (TPSA) is 35.5 Å². The molecule has 1 saturated heterocycles. The Morgan fingerprint density at radius 2 is 2.00 bits per heavy atom. The van der Waals surface area contributed by atoms with Crippen molar-refractivity contribution in [3.8, 4) is 5.75 Å². The van der Waals surface area contributed by atoms with Crippen LogP contribution in [0.1, 0.15) is 30.0 Å². The molecule has 0 spiro atoms. The molecule has 1 aromatic rings. The van der Waals surface area contributed by atoms with Gasteiger partial charge < -0.3 is 15.3 Å². The van der Waals surface area contributed by atoms with Crippen molar-refractivity contribution in [2.75, 3.05) is 26.2 Å². The van der Waals surface area contributed by atoms with Gasteiger partial charge in [0.2, 0.25) is 0 Å². The van der Waals surface area contributed by atoms with E-state index in [1.54, 1.807) is 0 Å². The fourth-order valence-corrected chi connectivity index (χ4v) is 2.93. The minimum Gasteiger partial charge on any atom is -0.507 e. The molecular weight excluding hydrogens is 236 g/mol. The van der Waals surface area contributed by atoms with E-state index in [1.165, 1.54) is 31.6 Å². The summed E-state index contributed by atoms with van der Waals surface area (Å²) < 4.78 is 0. The van der Waals surface area contributed by atoms with Crippen molar-refractivity contribution in [3.05, 3.63) is 28.8 Å². The molecule has 1 atom stereocenters. The maximum Gasteiger partial charge on any atom is 0.121 e. The van der Waals surface area contributed by atoms with E-state index in [-0.39, 0.29) is 0 Å². The smallest absolute Gasteiger partial charge is 0.121 e. The molecule has 1 fully saturated rings. The number of phenolic OH excluding ortho intramolecular Hbond substituents is 1. The fourth-order valence-electron chi connectivity index (χ4n) is 2.93. The minimum absolute atomic E-state index is 0.429. The lowest BCUT2D eigenvalue weighted by Gasteiger charge is -2.14. The van der Waals surface area contributed by atoms with Gasteiger partial charge in [0.25, 0.3) is 0 Å². The third kappa shape index (κ3) is 3.71. The molecule has 1 aliphatic rings. The van der Waals surface area contributed by atoms with Crippen molar-refractivity contribution in [1.29, 1.82) is 0 Å². The molecule has 2 N–H and O–H groups in total. The first-order chi connectivity index (χ1) is 9.10. The van der Waals surface area contributed by atoms with Gasteiger partial charge in [0.05, 0.1) is 0 Å². The number of nitrogens with one attached hydrogen (secondary N) is 1. The number of nitrogens with zero attached hydrogens (tertiary/aromatic N) is 1. The van der Waals surface area contributed by atoms with E-state index >= 15 is 0 Å². The van der Waals surface area contributed by atoms with Crippen LogP contribution in [0.4, 0.5) is 0 Å². The normalized spacial score (nSPS) is 20.1. The van der Waals surface area contributed by atoms with Crippen LogP contribution in [0.5, 0.6) is 5.75 Å². The highest BCUT2D eigenvalue weighted by molar-refractivity contribution is 5.42. The Labute approximate surface area is 116 Å². The summed E-state index contributed by atoms with van der Waals surface area (Å²) in [5, 5.41) is 13.3. The van der Waals surface area contributed by atoms with Crippen LogP contribution in [0.2, 0.25) is 0 Å². The number of likely N-dealkylation sites (tertiary alicyclic amines) is 1. The van der Waals surface area contributed by atoms with Crippen molar-refractivity contribution in [1.82, 2.24) is 10.2 Å². The summed E-state index contributed by atoms with van der Waals surface area (Å²) in [6.45, 7) is 11.8. The largest absolute Gasteiger partial charge is 0.507 e. The Bertz CT molecular complexity index is 408. The van der Waals surface area contributed by atoms with Gasteiger partial charge in [0, 0.05) is 13.1 Å². The van der Waals surface area contributed by atoms with E-state index in [0.29, 0.717) is 5.75 Å². The molecule has 19 heavy (non-hydrogen) atoms. The number of hydrogen-bond acceptors (Lipinski definition) is 3. The van der Waals surface area contributed by atoms with Crippen LogP contribution < -0.4 is 5.32 Å². The number of benzene rings is 1. The lowest BCUT2D eigenvalue weighted by Crippen LogP contribution is -2.26. The molecule has 0 aromatic heterocycles. The van der Waals surface area contributed by atoms with Crippen molar-refractivity contribution in [2.45, 2.75) is 33.7 Å². The first-order valence-corrected chi connectivity index (χ1v) is 7.32. The number of rotatable bonds is 5. The zero-order valence-electron chi connectivity index (χ0n) is 12.4. The van der Waals surface area contributed by atoms with Gasteiger partial charge in [0.15, 0.2) is 0 Å². The summed E-state index contributed by atoms with van der Waals surface area (Å²) in [6, 6.07) is 4.14. The van der Waals surface area contributed by atoms with Crippen LogP contribution in [0.3, 0.4) is 0 Å². The summed E-state index contributed by atoms with van der Waals surface area (Å²) >= 11 is 0. The van der Waals surface area contributed by atoms with Gasteiger partial charge in [-0.2, -0.15) is 0 Å². The predicted octanol–water partition coefficient (Wildman–Crippen LogP) is 2.44. The average Bonchev–Trinajstić information content (AvgIpc) is 2.84. The van der Waals surface area contributed by atoms with Crippen LogP contribution in [-0.4, -0.2) is 36.2 Å². The van der Waals surface area contributed by atoms with E-state index in [0.717, 1.165) is 30.1 Å². The van der Waals surface area contributed by atoms with Gasteiger partial charge in [-0.05, 0) is 62.5 Å². The Kier molecular flexibility index (Phi) is 4.83. The molecule has 0 amide bonds. The van der Waals surface area contributed by atoms with Crippen molar-refractivity contribution >= 4 is 0 Å². The number of phenols is 1. The Balaban J connectivity index is 1.80. The van der Waals surface area contributed by atoms with E-state index in [4.69, 9.17) is 0 Å². The monoisotopic (exact) mass is 262 g/mol. The Morgan fingerprint density at radius 3 is 2.58 bits per heavy atom. The number of hydrogen-bond donors (Lipinski definition) is 2. The first kappa shape index (κ1) is 14.4. The molecule has 106 valence electrons. The highest BCUT2D eigenvalue weighted by Gasteiger charge is 2.20. The van der Waals surface area contributed by atoms with E-state index in [9.17, 15) is 5.11 Å². The predicted molar refractivity (Wildman–Crippen MR) is 79.5 cm³/mol. The molecule has 1 unspecified atom stereocenters. The maximum absolute atomic E-state index is 9.76. The minimum atomic E-state index is 0.429. The average molecular weight is 262 g/mol. The van der Waals surface area contributed by atoms with Crippen LogP contribution >= 0.6 is 0 Å². The SMILES string of the molecule is CCN1CCC(CNCc2cc(C)c(O)c(C)c2)C1. The molecule has 1 heterocycles. The second kappa shape index (κ2) is 6.40. The zero-order chi connectivity index (χ0) is 13.8. The molecule has 0 radical (unpaired) electrons. The highest BCUT2D eigenvalue weighted by Crippen LogP contribution is 2.23. The lowest BCUT2D eigenvalue weighted by molar-refractivity contribution is 0.339. The third-order valence-electron chi connectivity index (χ3n) is 4.13. The maximum atomic E-state index is 9.76. The molecule has 1 aliphatic heterocycles. The van der Waals surface area contributed by atoms with Crippen LogP contribution in [0.15, 0.2) is 12.1 Å². The van der Waals surface area contributed by atoms with Gasteiger partial charge in [-0.15, -0.1) is 0 Å². The van der Waals surface area contributed by atoms with Gasteiger partial charge in [0.1, 0.15) is 5.75 Å². The summed E-state index contributed by atoms with van der Waals surface area (Å²) in [6.07, 6.45) is 1.31. The molecule has 0 saturated carbocycles. The van der Waals surface area contributed by atoms with E-state index < -0.39 is 0 Å². The van der Waals surface area contributed by atoms with E-state index in [2.05, 4.69) is 29.3 Å². The Morgan fingerprint density at radius 1 is 1.32 bits per heavy atom. The van der Waals surface area contributed by atoms with Crippen molar-refractivity contribution in [2.24, 2.45) is 5.92 Å². The molecule has 0 aliphatic carbocycles. The van der Waals surface area contributed by atoms with Crippen LogP contribution in [0, 0.1) is 19.8 Å². The quantitative estimate of drug-likeness (QED) is 0.855. The fraction of sp³-hybridized carbons (Fsp3) is 0.625. The number of aromatic hydroxyl groups is 1. The molecule has 3 heteroatoms. The second-order valence-corrected chi connectivity index (χ2v) is 5.76. The Hall–Kier alpha value is -1.06. The summed E-state index contributed by atoms with van der Waals surface area (Å²) in [4.78, 5) is 2.52. The summed E-state index contributed by atoms with van der Waals surface area (Å²) in [5.74, 6) is 1.22. The van der Waals surface area contributed by atoms with Gasteiger partial charge in [-0.25, -0.2) is 0 Å². The zero-order valence-corrected chi connectivity index (χ0v) is 12.4. The molecule has 1 aromatic carbocycles. The standard InChI is InChI=1S/C16H26N2O/c1-4-18-6-5-14(11-18)9-17-10-15-7-12(2)16(19)13(3)8-15/h7-8,14,17,19H,4-6,9-11H2,1-3H3. The van der Waals surface area contributed by atoms with Gasteiger partial charge in [-0.3, -0.25) is 0 Å². The molecule has 0 bridgehead atoms. The third-order valence-corrected chi connectivity index (χ3v) is 4.13. The number of aryl methyl sites for hydroxylation is 2. The summed E-state index contributed by atoms with van der Waals surface area (Å²) in [5.41, 5.74) is 3.20. The van der Waals surface area contributed by atoms with Crippen LogP contribution in [0.25, 0.3) is 0 Å². The first-order valence-electron chi connectivity index (χ1n) is 7.32. The lowest BCUT2D eigenvalue weighted by atomic mass is 10.1. The van der Waals surface area contributed by atoms with E-state index in [1.807, 2.05) is 13.8 Å². The highest BCUT2D eigenvalue weighted by atomic mass is 16.3. The van der Waals surface area contributed by atoms with Crippen LogP contribution in [-0.2, 0) is 6.54 Å². The second-order valence-electron chi connectivity index (χ2n) is 5.76. The molecule has 2 rings (SSSR count). The van der Waals surface area contributed by atoms with Gasteiger partial charge >= 0.3 is 0 Å². The van der Waals surface area contributed by atoms with Crippen molar-refractivity contribution < 1.29 is 5.11 Å². The van der Waals surface area contributed by atoms with Crippen molar-refractivity contribution in [3.63, 3.8) is 0 Å². The molecular formula is C16H26N2O. The molecule has 3 nitrogen and oxygen atoms in total.